The Bertz CT molecular complexity index is 1290. The lowest BCUT2D eigenvalue weighted by Crippen LogP contribution is -2.15. The first-order valence-corrected chi connectivity index (χ1v) is 9.93. The van der Waals surface area contributed by atoms with Crippen molar-refractivity contribution in [1.29, 1.82) is 0 Å². The highest BCUT2D eigenvalue weighted by atomic mass is 32.1. The highest BCUT2D eigenvalue weighted by molar-refractivity contribution is 7.16. The molecule has 0 aliphatic heterocycles. The lowest BCUT2D eigenvalue weighted by molar-refractivity contribution is 0.0467. The second-order valence-corrected chi connectivity index (χ2v) is 7.77. The van der Waals surface area contributed by atoms with Gasteiger partial charge in [-0.3, -0.25) is 14.0 Å². The molecule has 0 saturated heterocycles. The summed E-state index contributed by atoms with van der Waals surface area (Å²) in [5.74, 6) is -0.847. The van der Waals surface area contributed by atoms with Gasteiger partial charge in [-0.05, 0) is 37.3 Å². The number of fused-ring (bicyclic) bond motifs is 1. The number of nitrogens with zero attached hydrogens (tertiary/aromatic N) is 2. The number of ether oxygens (including phenoxy) is 1. The van der Waals surface area contributed by atoms with Crippen LogP contribution in [0.15, 0.2) is 71.7 Å². The molecular weight excluding hydrogens is 402 g/mol. The van der Waals surface area contributed by atoms with Crippen molar-refractivity contribution in [1.82, 2.24) is 9.38 Å². The van der Waals surface area contributed by atoms with Crippen LogP contribution < -0.4 is 10.9 Å². The standard InChI is InChI=1S/C22H17N3O4S/c1-14-12-25-19(26)11-18(24-22(25)30-14)13-29-21(28)16-8-5-9-17(10-16)23-20(27)15-6-3-2-4-7-15/h2-12H,13H2,1H3,(H,23,27). The van der Waals surface area contributed by atoms with Crippen molar-refractivity contribution in [2.75, 3.05) is 5.32 Å². The van der Waals surface area contributed by atoms with Crippen LogP contribution in [0.5, 0.6) is 0 Å². The Morgan fingerprint density at radius 1 is 1.07 bits per heavy atom. The molecule has 0 fully saturated rings. The first kappa shape index (κ1) is 19.5. The summed E-state index contributed by atoms with van der Waals surface area (Å²) in [5.41, 5.74) is 1.43. The van der Waals surface area contributed by atoms with E-state index in [9.17, 15) is 14.4 Å². The van der Waals surface area contributed by atoms with E-state index < -0.39 is 5.97 Å². The second kappa shape index (κ2) is 8.30. The molecule has 7 nitrogen and oxygen atoms in total. The number of aromatic nitrogens is 2. The number of hydrogen-bond donors (Lipinski definition) is 1. The number of esters is 1. The maximum absolute atomic E-state index is 12.4. The first-order valence-electron chi connectivity index (χ1n) is 9.12. The van der Waals surface area contributed by atoms with Gasteiger partial charge in [0.05, 0.1) is 11.3 Å². The Labute approximate surface area is 175 Å². The molecule has 0 bridgehead atoms. The molecule has 2 aromatic heterocycles. The summed E-state index contributed by atoms with van der Waals surface area (Å²) < 4.78 is 6.77. The van der Waals surface area contributed by atoms with Gasteiger partial charge in [0.2, 0.25) is 0 Å². The monoisotopic (exact) mass is 419 g/mol. The van der Waals surface area contributed by atoms with Gasteiger partial charge in [-0.1, -0.05) is 24.3 Å². The average molecular weight is 419 g/mol. The van der Waals surface area contributed by atoms with E-state index in [1.165, 1.54) is 27.9 Å². The zero-order valence-electron chi connectivity index (χ0n) is 16.0. The van der Waals surface area contributed by atoms with Crippen LogP contribution in [0.25, 0.3) is 4.96 Å². The lowest BCUT2D eigenvalue weighted by Gasteiger charge is -2.08. The minimum absolute atomic E-state index is 0.123. The summed E-state index contributed by atoms with van der Waals surface area (Å²) in [6, 6.07) is 16.6. The average Bonchev–Trinajstić information content (AvgIpc) is 3.13. The molecule has 30 heavy (non-hydrogen) atoms. The number of aryl methyl sites for hydroxylation is 1. The summed E-state index contributed by atoms with van der Waals surface area (Å²) in [7, 11) is 0. The van der Waals surface area contributed by atoms with Crippen molar-refractivity contribution < 1.29 is 14.3 Å². The fourth-order valence-corrected chi connectivity index (χ4v) is 3.72. The molecule has 4 aromatic rings. The molecule has 0 unspecified atom stereocenters. The number of carbonyl (C=O) groups excluding carboxylic acids is 2. The van der Waals surface area contributed by atoms with Gasteiger partial charge in [0.15, 0.2) is 4.96 Å². The normalized spacial score (nSPS) is 10.7. The Morgan fingerprint density at radius 3 is 2.63 bits per heavy atom. The van der Waals surface area contributed by atoms with E-state index in [-0.39, 0.29) is 23.6 Å². The van der Waals surface area contributed by atoms with Gasteiger partial charge in [0.1, 0.15) is 6.61 Å². The van der Waals surface area contributed by atoms with E-state index in [0.717, 1.165) is 4.88 Å². The fraction of sp³-hybridized carbons (Fsp3) is 0.0909. The molecule has 2 aromatic carbocycles. The molecule has 1 N–H and O–H groups in total. The number of anilines is 1. The Hall–Kier alpha value is -3.78. The molecular formula is C22H17N3O4S. The maximum Gasteiger partial charge on any atom is 0.338 e. The van der Waals surface area contributed by atoms with Crippen molar-refractivity contribution in [3.8, 4) is 0 Å². The smallest absolute Gasteiger partial charge is 0.338 e. The zero-order chi connectivity index (χ0) is 21.1. The third kappa shape index (κ3) is 4.28. The number of amides is 1. The van der Waals surface area contributed by atoms with Crippen LogP contribution in [0, 0.1) is 6.92 Å². The third-order valence-electron chi connectivity index (χ3n) is 4.28. The van der Waals surface area contributed by atoms with Crippen LogP contribution in [0.4, 0.5) is 5.69 Å². The topological polar surface area (TPSA) is 89.8 Å². The number of benzene rings is 2. The quantitative estimate of drug-likeness (QED) is 0.499. The van der Waals surface area contributed by atoms with E-state index in [2.05, 4.69) is 10.3 Å². The zero-order valence-corrected chi connectivity index (χ0v) is 16.8. The van der Waals surface area contributed by atoms with Crippen LogP contribution in [-0.4, -0.2) is 21.3 Å². The predicted molar refractivity (Wildman–Crippen MR) is 114 cm³/mol. The molecule has 0 saturated carbocycles. The molecule has 0 radical (unpaired) electrons. The van der Waals surface area contributed by atoms with E-state index >= 15 is 0 Å². The van der Waals surface area contributed by atoms with Crippen molar-refractivity contribution in [3.05, 3.63) is 98.9 Å². The van der Waals surface area contributed by atoms with Gasteiger partial charge in [-0.15, -0.1) is 11.3 Å². The van der Waals surface area contributed by atoms with E-state index in [0.29, 0.717) is 21.9 Å². The minimum atomic E-state index is -0.574. The van der Waals surface area contributed by atoms with E-state index in [1.54, 1.807) is 48.7 Å². The first-order chi connectivity index (χ1) is 14.5. The van der Waals surface area contributed by atoms with Crippen molar-refractivity contribution in [2.45, 2.75) is 13.5 Å². The highest BCUT2D eigenvalue weighted by Gasteiger charge is 2.12. The van der Waals surface area contributed by atoms with Crippen LogP contribution >= 0.6 is 11.3 Å². The Morgan fingerprint density at radius 2 is 1.83 bits per heavy atom. The molecule has 4 rings (SSSR count). The Balaban J connectivity index is 1.44. The molecule has 1 amide bonds. The summed E-state index contributed by atoms with van der Waals surface area (Å²) in [5, 5.41) is 2.76. The van der Waals surface area contributed by atoms with Gasteiger partial charge >= 0.3 is 5.97 Å². The SMILES string of the molecule is Cc1cn2c(=O)cc(COC(=O)c3cccc(NC(=O)c4ccccc4)c3)nc2s1. The highest BCUT2D eigenvalue weighted by Crippen LogP contribution is 2.15. The molecule has 2 heterocycles. The predicted octanol–water partition coefficient (Wildman–Crippen LogP) is 3.67. The van der Waals surface area contributed by atoms with Gasteiger partial charge < -0.3 is 10.1 Å². The number of thiazole rings is 1. The van der Waals surface area contributed by atoms with Crippen molar-refractivity contribution >= 4 is 33.9 Å². The lowest BCUT2D eigenvalue weighted by atomic mass is 10.1. The summed E-state index contributed by atoms with van der Waals surface area (Å²) in [4.78, 5) is 42.7. The van der Waals surface area contributed by atoms with Gasteiger partial charge in [-0.25, -0.2) is 9.78 Å². The number of carbonyl (C=O) groups is 2. The van der Waals surface area contributed by atoms with Crippen LogP contribution in [0.2, 0.25) is 0 Å². The fourth-order valence-electron chi connectivity index (χ4n) is 2.87. The maximum atomic E-state index is 12.4. The number of nitrogens with one attached hydrogen (secondary N) is 1. The number of hydrogen-bond acceptors (Lipinski definition) is 6. The summed E-state index contributed by atoms with van der Waals surface area (Å²) in [6.07, 6.45) is 1.72. The third-order valence-corrected chi connectivity index (χ3v) is 5.18. The molecule has 0 atom stereocenters. The summed E-state index contributed by atoms with van der Waals surface area (Å²) >= 11 is 1.39. The molecule has 150 valence electrons. The molecule has 0 spiro atoms. The second-order valence-electron chi connectivity index (χ2n) is 6.56. The molecule has 0 aliphatic carbocycles. The molecule has 0 aliphatic rings. The minimum Gasteiger partial charge on any atom is -0.456 e. The van der Waals surface area contributed by atoms with Crippen molar-refractivity contribution in [2.24, 2.45) is 0 Å². The Kier molecular flexibility index (Phi) is 5.40. The summed E-state index contributed by atoms with van der Waals surface area (Å²) in [6.45, 7) is 1.77. The largest absolute Gasteiger partial charge is 0.456 e. The van der Waals surface area contributed by atoms with Crippen LogP contribution in [0.3, 0.4) is 0 Å². The van der Waals surface area contributed by atoms with Gasteiger partial charge in [0.25, 0.3) is 11.5 Å². The van der Waals surface area contributed by atoms with E-state index in [1.807, 2.05) is 13.0 Å². The number of rotatable bonds is 5. The van der Waals surface area contributed by atoms with Gasteiger partial charge in [-0.2, -0.15) is 0 Å². The van der Waals surface area contributed by atoms with Crippen LogP contribution in [0.1, 0.15) is 31.3 Å². The van der Waals surface area contributed by atoms with E-state index in [4.69, 9.17) is 4.74 Å². The van der Waals surface area contributed by atoms with Gasteiger partial charge in [0, 0.05) is 28.4 Å². The van der Waals surface area contributed by atoms with Crippen LogP contribution in [-0.2, 0) is 11.3 Å². The van der Waals surface area contributed by atoms with Crippen molar-refractivity contribution in [3.63, 3.8) is 0 Å². The molecule has 8 heteroatoms.